The van der Waals surface area contributed by atoms with Gasteiger partial charge in [0.2, 0.25) is 0 Å². The van der Waals surface area contributed by atoms with Crippen molar-refractivity contribution in [1.82, 2.24) is 4.98 Å². The third-order valence-corrected chi connectivity index (χ3v) is 2.74. The number of rotatable bonds is 2. The molecule has 1 aromatic carbocycles. The monoisotopic (exact) mass is 285 g/mol. The van der Waals surface area contributed by atoms with Crippen LogP contribution in [-0.4, -0.2) is 11.3 Å². The normalized spacial score (nSPS) is 10.3. The van der Waals surface area contributed by atoms with Gasteiger partial charge in [0, 0.05) is 21.2 Å². The summed E-state index contributed by atoms with van der Waals surface area (Å²) in [5, 5.41) is 1.25. The predicted molar refractivity (Wildman–Crippen MR) is 70.1 cm³/mol. The maximum absolute atomic E-state index is 10.7. The zero-order chi connectivity index (χ0) is 12.4. The number of pyridine rings is 1. The summed E-state index contributed by atoms with van der Waals surface area (Å²) < 4.78 is 0. The highest BCUT2D eigenvalue weighted by Gasteiger charge is 2.06. The van der Waals surface area contributed by atoms with Gasteiger partial charge in [0.25, 0.3) is 0 Å². The molecule has 0 saturated heterocycles. The number of hydrogen-bond donors (Lipinski definition) is 0. The maximum Gasteiger partial charge on any atom is 0.150 e. The number of aldehydes is 1. The van der Waals surface area contributed by atoms with Gasteiger partial charge in [0.05, 0.1) is 5.69 Å². The molecule has 0 amide bonds. The second kappa shape index (κ2) is 5.05. The van der Waals surface area contributed by atoms with Crippen LogP contribution in [0.15, 0.2) is 30.3 Å². The summed E-state index contributed by atoms with van der Waals surface area (Å²) in [4.78, 5) is 14.9. The molecule has 0 unspecified atom stereocenters. The Morgan fingerprint density at radius 2 is 1.59 bits per heavy atom. The van der Waals surface area contributed by atoms with Gasteiger partial charge in [-0.1, -0.05) is 34.8 Å². The molecule has 0 radical (unpaired) electrons. The number of carbonyl (C=O) groups excluding carboxylic acids is 1. The van der Waals surface area contributed by atoms with Gasteiger partial charge in [-0.05, 0) is 30.3 Å². The number of halogens is 3. The first-order chi connectivity index (χ1) is 8.08. The van der Waals surface area contributed by atoms with E-state index in [4.69, 9.17) is 34.8 Å². The van der Waals surface area contributed by atoms with Crippen LogP contribution in [0.1, 0.15) is 10.4 Å². The van der Waals surface area contributed by atoms with Crippen molar-refractivity contribution in [3.05, 3.63) is 51.1 Å². The Labute approximate surface area is 113 Å². The van der Waals surface area contributed by atoms with Gasteiger partial charge >= 0.3 is 0 Å². The number of nitrogens with zero attached hydrogens (tertiary/aromatic N) is 1. The molecular formula is C12H6Cl3NO. The third kappa shape index (κ3) is 2.97. The summed E-state index contributed by atoms with van der Waals surface area (Å²) in [5.74, 6) is 0. The Morgan fingerprint density at radius 1 is 0.941 bits per heavy atom. The fraction of sp³-hybridized carbons (Fsp3) is 0. The molecule has 2 nitrogen and oxygen atoms in total. The Kier molecular flexibility index (Phi) is 3.67. The van der Waals surface area contributed by atoms with Crippen molar-refractivity contribution in [2.75, 3.05) is 0 Å². The van der Waals surface area contributed by atoms with Gasteiger partial charge in [0.15, 0.2) is 0 Å². The van der Waals surface area contributed by atoms with E-state index >= 15 is 0 Å². The summed E-state index contributed by atoms with van der Waals surface area (Å²) in [5.41, 5.74) is 1.73. The van der Waals surface area contributed by atoms with Gasteiger partial charge < -0.3 is 0 Å². The number of carbonyl (C=O) groups is 1. The minimum Gasteiger partial charge on any atom is -0.298 e. The molecule has 17 heavy (non-hydrogen) atoms. The molecule has 0 spiro atoms. The van der Waals surface area contributed by atoms with Gasteiger partial charge in [-0.15, -0.1) is 0 Å². The second-order valence-corrected chi connectivity index (χ2v) is 4.64. The minimum absolute atomic E-state index is 0.251. The first-order valence-corrected chi connectivity index (χ1v) is 5.81. The van der Waals surface area contributed by atoms with Crippen molar-refractivity contribution in [2.24, 2.45) is 0 Å². The molecule has 0 aliphatic rings. The van der Waals surface area contributed by atoms with Crippen LogP contribution in [0.2, 0.25) is 15.2 Å². The third-order valence-electron chi connectivity index (χ3n) is 2.11. The van der Waals surface area contributed by atoms with Crippen molar-refractivity contribution < 1.29 is 4.79 Å². The fourth-order valence-corrected chi connectivity index (χ4v) is 2.18. The molecule has 2 aromatic rings. The van der Waals surface area contributed by atoms with Crippen LogP contribution >= 0.6 is 34.8 Å². The lowest BCUT2D eigenvalue weighted by Gasteiger charge is -2.04. The van der Waals surface area contributed by atoms with E-state index in [0.29, 0.717) is 33.2 Å². The highest BCUT2D eigenvalue weighted by molar-refractivity contribution is 6.35. The highest BCUT2D eigenvalue weighted by atomic mass is 35.5. The zero-order valence-electron chi connectivity index (χ0n) is 8.45. The molecular weight excluding hydrogens is 280 g/mol. The lowest BCUT2D eigenvalue weighted by molar-refractivity contribution is 0.112. The van der Waals surface area contributed by atoms with Crippen LogP contribution in [0.3, 0.4) is 0 Å². The SMILES string of the molecule is O=Cc1cc(Cl)nc(-c2cc(Cl)cc(Cl)c2)c1. The summed E-state index contributed by atoms with van der Waals surface area (Å²) in [7, 11) is 0. The molecule has 0 saturated carbocycles. The largest absolute Gasteiger partial charge is 0.298 e. The molecule has 86 valence electrons. The smallest absolute Gasteiger partial charge is 0.150 e. The molecule has 0 bridgehead atoms. The van der Waals surface area contributed by atoms with Gasteiger partial charge in [-0.2, -0.15) is 0 Å². The Balaban J connectivity index is 2.59. The van der Waals surface area contributed by atoms with E-state index in [1.807, 2.05) is 0 Å². The minimum atomic E-state index is 0.251. The van der Waals surface area contributed by atoms with E-state index in [0.717, 1.165) is 0 Å². The van der Waals surface area contributed by atoms with Crippen molar-refractivity contribution >= 4 is 41.1 Å². The van der Waals surface area contributed by atoms with E-state index < -0.39 is 0 Å². The highest BCUT2D eigenvalue weighted by Crippen LogP contribution is 2.27. The van der Waals surface area contributed by atoms with E-state index in [9.17, 15) is 4.79 Å². The Hall–Kier alpha value is -1.09. The summed E-state index contributed by atoms with van der Waals surface area (Å²) >= 11 is 17.6. The molecule has 0 aliphatic heterocycles. The summed E-state index contributed by atoms with van der Waals surface area (Å²) in [6, 6.07) is 8.16. The average Bonchev–Trinajstić information content (AvgIpc) is 2.26. The van der Waals surface area contributed by atoms with Crippen molar-refractivity contribution in [3.63, 3.8) is 0 Å². The lowest BCUT2D eigenvalue weighted by Crippen LogP contribution is -1.89. The first kappa shape index (κ1) is 12.4. The molecule has 0 aliphatic carbocycles. The van der Waals surface area contributed by atoms with Crippen LogP contribution in [0.4, 0.5) is 0 Å². The number of benzene rings is 1. The van der Waals surface area contributed by atoms with Crippen LogP contribution in [0.5, 0.6) is 0 Å². The fourth-order valence-electron chi connectivity index (χ4n) is 1.43. The predicted octanol–water partition coefficient (Wildman–Crippen LogP) is 4.52. The average molecular weight is 287 g/mol. The molecule has 2 rings (SSSR count). The van der Waals surface area contributed by atoms with Crippen LogP contribution in [0.25, 0.3) is 11.3 Å². The molecule has 1 heterocycles. The number of hydrogen-bond acceptors (Lipinski definition) is 2. The molecule has 1 aromatic heterocycles. The number of aromatic nitrogens is 1. The van der Waals surface area contributed by atoms with Gasteiger partial charge in [-0.25, -0.2) is 4.98 Å². The Morgan fingerprint density at radius 3 is 2.18 bits per heavy atom. The molecule has 0 atom stereocenters. The van der Waals surface area contributed by atoms with E-state index in [-0.39, 0.29) is 5.15 Å². The van der Waals surface area contributed by atoms with Crippen LogP contribution in [0, 0.1) is 0 Å². The van der Waals surface area contributed by atoms with Crippen LogP contribution < -0.4 is 0 Å². The topological polar surface area (TPSA) is 30.0 Å². The maximum atomic E-state index is 10.7. The molecule has 0 N–H and O–H groups in total. The van der Waals surface area contributed by atoms with Gasteiger partial charge in [0.1, 0.15) is 11.4 Å². The van der Waals surface area contributed by atoms with Crippen LogP contribution in [-0.2, 0) is 0 Å². The van der Waals surface area contributed by atoms with E-state index in [1.54, 1.807) is 24.3 Å². The zero-order valence-corrected chi connectivity index (χ0v) is 10.7. The standard InChI is InChI=1S/C12H6Cl3NO/c13-9-3-8(4-10(14)5-9)11-1-7(6-17)2-12(15)16-11/h1-6H. The van der Waals surface area contributed by atoms with E-state index in [2.05, 4.69) is 4.98 Å². The van der Waals surface area contributed by atoms with Crippen molar-refractivity contribution in [1.29, 1.82) is 0 Å². The Bertz CT molecular complexity index is 564. The molecule has 5 heteroatoms. The molecule has 0 fully saturated rings. The quantitative estimate of drug-likeness (QED) is 0.600. The summed E-state index contributed by atoms with van der Waals surface area (Å²) in [6.07, 6.45) is 0.712. The van der Waals surface area contributed by atoms with Crippen molar-refractivity contribution in [3.8, 4) is 11.3 Å². The summed E-state index contributed by atoms with van der Waals surface area (Å²) in [6.45, 7) is 0. The first-order valence-electron chi connectivity index (χ1n) is 4.68. The second-order valence-electron chi connectivity index (χ2n) is 3.38. The van der Waals surface area contributed by atoms with Crippen molar-refractivity contribution in [2.45, 2.75) is 0 Å². The lowest BCUT2D eigenvalue weighted by atomic mass is 10.1. The van der Waals surface area contributed by atoms with E-state index in [1.165, 1.54) is 6.07 Å². The van der Waals surface area contributed by atoms with Gasteiger partial charge in [-0.3, -0.25) is 4.79 Å².